The summed E-state index contributed by atoms with van der Waals surface area (Å²) in [5.41, 5.74) is 0.654. The predicted molar refractivity (Wildman–Crippen MR) is 58.6 cm³/mol. The fourth-order valence-corrected chi connectivity index (χ4v) is 1.81. The van der Waals surface area contributed by atoms with Gasteiger partial charge in [0.05, 0.1) is 5.69 Å². The van der Waals surface area contributed by atoms with Crippen LogP contribution in [0.5, 0.6) is 0 Å². The van der Waals surface area contributed by atoms with Crippen molar-refractivity contribution in [2.45, 2.75) is 18.7 Å². The van der Waals surface area contributed by atoms with Crippen LogP contribution in [0.25, 0.3) is 0 Å². The summed E-state index contributed by atoms with van der Waals surface area (Å²) < 4.78 is 13.1. The van der Waals surface area contributed by atoms with Crippen LogP contribution in [-0.4, -0.2) is 40.4 Å². The van der Waals surface area contributed by atoms with Crippen LogP contribution in [0.2, 0.25) is 0 Å². The number of aliphatic hydroxyl groups is 1. The number of pyridine rings is 1. The molecule has 17 heavy (non-hydrogen) atoms. The summed E-state index contributed by atoms with van der Waals surface area (Å²) in [6, 6.07) is 2.85. The first-order valence-electron chi connectivity index (χ1n) is 5.25. The first-order chi connectivity index (χ1) is 8.08. The summed E-state index contributed by atoms with van der Waals surface area (Å²) in [6.07, 6.45) is -0.599. The number of piperidine rings is 1. The number of nitrogens with zero attached hydrogens (tertiary/aromatic N) is 3. The molecule has 92 valence electrons. The zero-order valence-corrected chi connectivity index (χ0v) is 8.99. The lowest BCUT2D eigenvalue weighted by Crippen LogP contribution is -2.45. The van der Waals surface area contributed by atoms with Gasteiger partial charge in [0.25, 0.3) is 0 Å². The molecule has 0 saturated carbocycles. The molecule has 0 aliphatic carbocycles. The van der Waals surface area contributed by atoms with E-state index in [-0.39, 0.29) is 18.8 Å². The van der Waals surface area contributed by atoms with Gasteiger partial charge in [-0.05, 0) is 22.4 Å². The molecule has 0 amide bonds. The van der Waals surface area contributed by atoms with Crippen LogP contribution in [-0.2, 0) is 0 Å². The smallest absolute Gasteiger partial charge is 0.363 e. The Morgan fingerprint density at radius 1 is 1.59 bits per heavy atom. The molecule has 0 aromatic carbocycles. The van der Waals surface area contributed by atoms with E-state index in [2.05, 4.69) is 4.98 Å². The molecule has 1 saturated heterocycles. The van der Waals surface area contributed by atoms with Crippen LogP contribution in [0.4, 0.5) is 15.9 Å². The highest BCUT2D eigenvalue weighted by molar-refractivity contribution is 5.47. The Morgan fingerprint density at radius 2 is 2.35 bits per heavy atom. The van der Waals surface area contributed by atoms with E-state index in [1.165, 1.54) is 12.3 Å². The number of anilines is 1. The Kier molecular flexibility index (Phi) is 3.19. The predicted octanol–water partition coefficient (Wildman–Crippen LogP) is 0.899. The van der Waals surface area contributed by atoms with Crippen molar-refractivity contribution in [3.8, 4) is 0 Å². The van der Waals surface area contributed by atoms with Crippen LogP contribution >= 0.6 is 0 Å². The fraction of sp³-hybridized carbons (Fsp3) is 0.500. The van der Waals surface area contributed by atoms with Crippen molar-refractivity contribution < 1.29 is 14.4 Å². The van der Waals surface area contributed by atoms with Gasteiger partial charge in [-0.1, -0.05) is 0 Å². The molecule has 2 atom stereocenters. The quantitative estimate of drug-likeness (QED) is 0.614. The Hall–Kier alpha value is -1.76. The molecule has 7 heteroatoms. The minimum absolute atomic E-state index is 0.181. The standard InChI is InChI=1S/C10H12FN3O3/c11-8-3-4-13(6-9(8)15)7-1-2-10(12-5-7)14(16)17/h1-2,5,8-9,15H,3-4,6H2/t8-,9-/m1/s1. The van der Waals surface area contributed by atoms with E-state index < -0.39 is 17.2 Å². The van der Waals surface area contributed by atoms with Gasteiger partial charge < -0.3 is 20.1 Å². The topological polar surface area (TPSA) is 79.5 Å². The van der Waals surface area contributed by atoms with Crippen LogP contribution in [0.3, 0.4) is 0 Å². The Morgan fingerprint density at radius 3 is 2.88 bits per heavy atom. The number of hydrogen-bond donors (Lipinski definition) is 1. The van der Waals surface area contributed by atoms with Crippen LogP contribution in [0.15, 0.2) is 18.3 Å². The minimum atomic E-state index is -1.20. The number of nitro groups is 1. The molecule has 1 aromatic heterocycles. The fourth-order valence-electron chi connectivity index (χ4n) is 1.81. The minimum Gasteiger partial charge on any atom is -0.388 e. The maximum Gasteiger partial charge on any atom is 0.363 e. The Balaban J connectivity index is 2.10. The van der Waals surface area contributed by atoms with Gasteiger partial charge in [0, 0.05) is 19.2 Å². The molecule has 1 aliphatic rings. The summed E-state index contributed by atoms with van der Waals surface area (Å²) in [5, 5.41) is 19.8. The van der Waals surface area contributed by atoms with Gasteiger partial charge in [-0.25, -0.2) is 4.39 Å². The molecular formula is C10H12FN3O3. The first-order valence-corrected chi connectivity index (χ1v) is 5.25. The lowest BCUT2D eigenvalue weighted by atomic mass is 10.1. The highest BCUT2D eigenvalue weighted by atomic mass is 19.1. The summed E-state index contributed by atoms with van der Waals surface area (Å²) >= 11 is 0. The lowest BCUT2D eigenvalue weighted by molar-refractivity contribution is -0.389. The van der Waals surface area contributed by atoms with E-state index in [0.29, 0.717) is 12.2 Å². The van der Waals surface area contributed by atoms with Crippen molar-refractivity contribution >= 4 is 11.5 Å². The number of halogens is 1. The molecular weight excluding hydrogens is 229 g/mol. The Bertz CT molecular complexity index is 412. The number of alkyl halides is 1. The van der Waals surface area contributed by atoms with E-state index in [0.717, 1.165) is 0 Å². The highest BCUT2D eigenvalue weighted by Crippen LogP contribution is 2.22. The molecule has 0 spiro atoms. The Labute approximate surface area is 96.8 Å². The highest BCUT2D eigenvalue weighted by Gasteiger charge is 2.28. The van der Waals surface area contributed by atoms with Gasteiger partial charge in [-0.3, -0.25) is 0 Å². The molecule has 2 heterocycles. The van der Waals surface area contributed by atoms with Crippen LogP contribution < -0.4 is 4.90 Å². The number of hydrogen-bond acceptors (Lipinski definition) is 5. The van der Waals surface area contributed by atoms with Crippen molar-refractivity contribution in [1.82, 2.24) is 4.98 Å². The molecule has 0 bridgehead atoms. The molecule has 1 aliphatic heterocycles. The van der Waals surface area contributed by atoms with E-state index in [1.807, 2.05) is 0 Å². The van der Waals surface area contributed by atoms with Crippen LogP contribution in [0, 0.1) is 10.1 Å². The van der Waals surface area contributed by atoms with Gasteiger partial charge in [0.1, 0.15) is 12.3 Å². The largest absolute Gasteiger partial charge is 0.388 e. The van der Waals surface area contributed by atoms with Crippen molar-refractivity contribution in [2.75, 3.05) is 18.0 Å². The maximum absolute atomic E-state index is 13.1. The molecule has 1 N–H and O–H groups in total. The molecule has 6 nitrogen and oxygen atoms in total. The average Bonchev–Trinajstić information content (AvgIpc) is 2.33. The maximum atomic E-state index is 13.1. The first kappa shape index (κ1) is 11.7. The van der Waals surface area contributed by atoms with Crippen molar-refractivity contribution in [1.29, 1.82) is 0 Å². The zero-order chi connectivity index (χ0) is 12.4. The summed E-state index contributed by atoms with van der Waals surface area (Å²) in [4.78, 5) is 15.3. The van der Waals surface area contributed by atoms with Gasteiger partial charge >= 0.3 is 5.82 Å². The third-order valence-corrected chi connectivity index (χ3v) is 2.78. The molecule has 2 rings (SSSR count). The lowest BCUT2D eigenvalue weighted by Gasteiger charge is -2.33. The van der Waals surface area contributed by atoms with E-state index in [1.54, 1.807) is 11.0 Å². The van der Waals surface area contributed by atoms with Crippen molar-refractivity contribution in [2.24, 2.45) is 0 Å². The molecule has 1 fully saturated rings. The van der Waals surface area contributed by atoms with Crippen LogP contribution in [0.1, 0.15) is 6.42 Å². The van der Waals surface area contributed by atoms with Crippen molar-refractivity contribution in [3.63, 3.8) is 0 Å². The normalized spacial score (nSPS) is 24.7. The third-order valence-electron chi connectivity index (χ3n) is 2.78. The summed E-state index contributed by atoms with van der Waals surface area (Å²) in [7, 11) is 0. The molecule has 0 radical (unpaired) electrons. The second kappa shape index (κ2) is 4.62. The number of β-amino-alcohol motifs (C(OH)–C–C–N with tert-alkyl or cyclic N) is 1. The number of aliphatic hydroxyl groups excluding tert-OH is 1. The third kappa shape index (κ3) is 2.50. The monoisotopic (exact) mass is 241 g/mol. The zero-order valence-electron chi connectivity index (χ0n) is 8.99. The van der Waals surface area contributed by atoms with Gasteiger partial charge in [0.2, 0.25) is 0 Å². The van der Waals surface area contributed by atoms with Gasteiger partial charge in [-0.2, -0.15) is 0 Å². The van der Waals surface area contributed by atoms with E-state index >= 15 is 0 Å². The molecule has 1 aromatic rings. The van der Waals surface area contributed by atoms with Gasteiger partial charge in [0.15, 0.2) is 6.20 Å². The average molecular weight is 241 g/mol. The van der Waals surface area contributed by atoms with Crippen molar-refractivity contribution in [3.05, 3.63) is 28.4 Å². The number of rotatable bonds is 2. The summed E-state index contributed by atoms with van der Waals surface area (Å²) in [5.74, 6) is -0.227. The summed E-state index contributed by atoms with van der Waals surface area (Å²) in [6.45, 7) is 0.651. The number of aromatic nitrogens is 1. The second-order valence-corrected chi connectivity index (χ2v) is 3.95. The SMILES string of the molecule is O=[N+]([O-])c1ccc(N2CC[C@@H](F)[C@H](O)C2)cn1. The molecule has 0 unspecified atom stereocenters. The second-order valence-electron chi connectivity index (χ2n) is 3.95. The van der Waals surface area contributed by atoms with E-state index in [4.69, 9.17) is 0 Å². The van der Waals surface area contributed by atoms with E-state index in [9.17, 15) is 19.6 Å². The van der Waals surface area contributed by atoms with Gasteiger partial charge in [-0.15, -0.1) is 0 Å².